The zero-order chi connectivity index (χ0) is 24.2. The van der Waals surface area contributed by atoms with Gasteiger partial charge in [0.1, 0.15) is 23.8 Å². The van der Waals surface area contributed by atoms with Crippen LogP contribution in [0.3, 0.4) is 0 Å². The molecule has 3 N–H and O–H groups in total. The first kappa shape index (κ1) is 23.9. The third-order valence-electron chi connectivity index (χ3n) is 6.29. The molecular formula is C26H29FN2O5. The van der Waals surface area contributed by atoms with Crippen molar-refractivity contribution in [1.82, 2.24) is 10.2 Å². The van der Waals surface area contributed by atoms with Crippen molar-refractivity contribution < 1.29 is 28.9 Å². The highest BCUT2D eigenvalue weighted by Gasteiger charge is 2.50. The summed E-state index contributed by atoms with van der Waals surface area (Å²) in [7, 11) is 0. The number of halogens is 1. The standard InChI is InChI=1S/C26H29FN2O5/c1-2-5-22(31)29(15-16-8-10-17(27)11-9-16)20-14-19(26(33)28-12-13-30)23-18-6-3-4-7-21(18)34-25(23)24(20)32/h3-4,6-11,14,20,23-25,30,32H,2,5,12-13,15H2,1H3,(H,28,33)/t20-,23+,24+,25+/m1/s1. The first-order chi connectivity index (χ1) is 16.4. The Labute approximate surface area is 197 Å². The van der Waals surface area contributed by atoms with Gasteiger partial charge in [0.05, 0.1) is 18.6 Å². The fourth-order valence-corrected chi connectivity index (χ4v) is 4.69. The highest BCUT2D eigenvalue weighted by atomic mass is 19.1. The third kappa shape index (κ3) is 4.69. The Morgan fingerprint density at radius 2 is 1.88 bits per heavy atom. The molecule has 0 radical (unpaired) electrons. The minimum Gasteiger partial charge on any atom is -0.486 e. The van der Waals surface area contributed by atoms with Crippen molar-refractivity contribution >= 4 is 11.8 Å². The van der Waals surface area contributed by atoms with Crippen LogP contribution in [0.2, 0.25) is 0 Å². The Hall–Kier alpha value is -3.23. The molecule has 180 valence electrons. The van der Waals surface area contributed by atoms with E-state index in [4.69, 9.17) is 4.74 Å². The van der Waals surface area contributed by atoms with E-state index in [1.165, 1.54) is 17.0 Å². The number of fused-ring (bicyclic) bond motifs is 3. The van der Waals surface area contributed by atoms with Crippen LogP contribution in [0.15, 0.2) is 60.2 Å². The number of amides is 2. The molecule has 7 nitrogen and oxygen atoms in total. The van der Waals surface area contributed by atoms with Gasteiger partial charge in [-0.05, 0) is 36.3 Å². The molecule has 0 fully saturated rings. The summed E-state index contributed by atoms with van der Waals surface area (Å²) in [5.74, 6) is -0.865. The molecule has 8 heteroatoms. The Morgan fingerprint density at radius 3 is 2.59 bits per heavy atom. The lowest BCUT2D eigenvalue weighted by Gasteiger charge is -2.40. The van der Waals surface area contributed by atoms with Gasteiger partial charge >= 0.3 is 0 Å². The molecule has 34 heavy (non-hydrogen) atoms. The van der Waals surface area contributed by atoms with E-state index in [-0.39, 0.29) is 43.7 Å². The molecule has 1 aliphatic carbocycles. The normalized spacial score (nSPS) is 22.8. The number of rotatable bonds is 8. The molecule has 2 aromatic carbocycles. The van der Waals surface area contributed by atoms with E-state index in [2.05, 4.69) is 5.32 Å². The second-order valence-electron chi connectivity index (χ2n) is 8.58. The molecule has 2 aliphatic rings. The van der Waals surface area contributed by atoms with Crippen LogP contribution in [0, 0.1) is 5.82 Å². The largest absolute Gasteiger partial charge is 0.486 e. The smallest absolute Gasteiger partial charge is 0.247 e. The number of nitrogens with zero attached hydrogens (tertiary/aromatic N) is 1. The molecule has 4 rings (SSSR count). The highest BCUT2D eigenvalue weighted by Crippen LogP contribution is 2.47. The lowest BCUT2D eigenvalue weighted by atomic mass is 9.77. The minimum atomic E-state index is -1.09. The van der Waals surface area contributed by atoms with Gasteiger partial charge in [-0.1, -0.05) is 37.3 Å². The van der Waals surface area contributed by atoms with Crippen molar-refractivity contribution in [2.24, 2.45) is 0 Å². The topological polar surface area (TPSA) is 99.1 Å². The van der Waals surface area contributed by atoms with E-state index >= 15 is 0 Å². The van der Waals surface area contributed by atoms with Crippen molar-refractivity contribution in [2.75, 3.05) is 13.2 Å². The van der Waals surface area contributed by atoms with Gasteiger partial charge < -0.3 is 25.2 Å². The van der Waals surface area contributed by atoms with Crippen molar-refractivity contribution in [3.63, 3.8) is 0 Å². The maximum atomic E-state index is 13.4. The summed E-state index contributed by atoms with van der Waals surface area (Å²) < 4.78 is 19.5. The molecule has 0 bridgehead atoms. The van der Waals surface area contributed by atoms with E-state index in [1.54, 1.807) is 24.3 Å². The lowest BCUT2D eigenvalue weighted by molar-refractivity contribution is -0.138. The summed E-state index contributed by atoms with van der Waals surface area (Å²) >= 11 is 0. The number of nitrogens with one attached hydrogen (secondary N) is 1. The summed E-state index contributed by atoms with van der Waals surface area (Å²) in [4.78, 5) is 27.8. The van der Waals surface area contributed by atoms with Crippen LogP contribution < -0.4 is 10.1 Å². The Balaban J connectivity index is 1.74. The van der Waals surface area contributed by atoms with E-state index in [1.807, 2.05) is 25.1 Å². The van der Waals surface area contributed by atoms with Crippen molar-refractivity contribution in [3.05, 3.63) is 77.1 Å². The number of carbonyl (C=O) groups excluding carboxylic acids is 2. The van der Waals surface area contributed by atoms with E-state index in [9.17, 15) is 24.2 Å². The molecule has 0 unspecified atom stereocenters. The molecule has 2 aromatic rings. The lowest BCUT2D eigenvalue weighted by Crippen LogP contribution is -2.55. The van der Waals surface area contributed by atoms with E-state index < -0.39 is 24.2 Å². The van der Waals surface area contributed by atoms with Gasteiger partial charge in [0.2, 0.25) is 11.8 Å². The molecule has 4 atom stereocenters. The number of hydrogen-bond acceptors (Lipinski definition) is 5. The molecule has 0 saturated carbocycles. The van der Waals surface area contributed by atoms with Gasteiger partial charge in [0, 0.05) is 30.6 Å². The summed E-state index contributed by atoms with van der Waals surface area (Å²) in [6.45, 7) is 1.91. The monoisotopic (exact) mass is 468 g/mol. The van der Waals surface area contributed by atoms with Crippen molar-refractivity contribution in [3.8, 4) is 5.75 Å². The Morgan fingerprint density at radius 1 is 1.15 bits per heavy atom. The second kappa shape index (κ2) is 10.4. The summed E-state index contributed by atoms with van der Waals surface area (Å²) in [6.07, 6.45) is 0.671. The van der Waals surface area contributed by atoms with Crippen molar-refractivity contribution in [2.45, 2.75) is 50.5 Å². The zero-order valence-corrected chi connectivity index (χ0v) is 19.0. The number of aliphatic hydroxyl groups excluding tert-OH is 2. The van der Waals surface area contributed by atoms with Crippen LogP contribution in [0.5, 0.6) is 5.75 Å². The third-order valence-corrected chi connectivity index (χ3v) is 6.29. The minimum absolute atomic E-state index is 0.0807. The molecule has 0 spiro atoms. The predicted octanol–water partition coefficient (Wildman–Crippen LogP) is 2.28. The van der Waals surface area contributed by atoms with Crippen molar-refractivity contribution in [1.29, 1.82) is 0 Å². The van der Waals surface area contributed by atoms with Gasteiger partial charge in [-0.15, -0.1) is 0 Å². The first-order valence-electron chi connectivity index (χ1n) is 11.5. The fourth-order valence-electron chi connectivity index (χ4n) is 4.69. The van der Waals surface area contributed by atoms with E-state index in [0.717, 1.165) is 5.56 Å². The van der Waals surface area contributed by atoms with Crippen LogP contribution in [-0.2, 0) is 16.1 Å². The predicted molar refractivity (Wildman–Crippen MR) is 123 cm³/mol. The molecule has 0 saturated heterocycles. The summed E-state index contributed by atoms with van der Waals surface area (Å²) in [5, 5.41) is 23.3. The molecule has 1 heterocycles. The van der Waals surface area contributed by atoms with Gasteiger partial charge in [-0.3, -0.25) is 9.59 Å². The van der Waals surface area contributed by atoms with Crippen LogP contribution in [0.4, 0.5) is 4.39 Å². The Kier molecular flexibility index (Phi) is 7.29. The van der Waals surface area contributed by atoms with Crippen LogP contribution >= 0.6 is 0 Å². The second-order valence-corrected chi connectivity index (χ2v) is 8.58. The van der Waals surface area contributed by atoms with Gasteiger partial charge in [0.15, 0.2) is 0 Å². The average molecular weight is 469 g/mol. The number of hydrogen-bond donors (Lipinski definition) is 3. The van der Waals surface area contributed by atoms with Crippen LogP contribution in [0.1, 0.15) is 36.8 Å². The Bertz CT molecular complexity index is 1070. The quantitative estimate of drug-likeness (QED) is 0.552. The highest BCUT2D eigenvalue weighted by molar-refractivity contribution is 5.96. The van der Waals surface area contributed by atoms with Gasteiger partial charge in [-0.2, -0.15) is 0 Å². The number of aliphatic hydroxyl groups is 2. The van der Waals surface area contributed by atoms with Gasteiger partial charge in [-0.25, -0.2) is 4.39 Å². The van der Waals surface area contributed by atoms with Crippen LogP contribution in [-0.4, -0.2) is 58.3 Å². The number of para-hydroxylation sites is 1. The summed E-state index contributed by atoms with van der Waals surface area (Å²) in [5.41, 5.74) is 1.88. The fraction of sp³-hybridized carbons (Fsp3) is 0.385. The SMILES string of the molecule is CCCC(=O)N(Cc1ccc(F)cc1)[C@@H]1C=C(C(=O)NCCO)[C@@H]2c3ccccc3O[C@@H]2[C@H]1O. The van der Waals surface area contributed by atoms with Crippen LogP contribution in [0.25, 0.3) is 0 Å². The number of ether oxygens (including phenoxy) is 1. The molecule has 0 aromatic heterocycles. The zero-order valence-electron chi connectivity index (χ0n) is 19.0. The average Bonchev–Trinajstić information content (AvgIpc) is 3.23. The maximum Gasteiger partial charge on any atom is 0.247 e. The number of carbonyl (C=O) groups is 2. The molecular weight excluding hydrogens is 439 g/mol. The molecule has 2 amide bonds. The maximum absolute atomic E-state index is 13.4. The summed E-state index contributed by atoms with van der Waals surface area (Å²) in [6, 6.07) is 12.3. The first-order valence-corrected chi connectivity index (χ1v) is 11.5. The van der Waals surface area contributed by atoms with E-state index in [0.29, 0.717) is 23.3 Å². The molecule has 1 aliphatic heterocycles. The number of benzene rings is 2. The van der Waals surface area contributed by atoms with Gasteiger partial charge in [0.25, 0.3) is 0 Å².